The maximum atomic E-state index is 11.0. The fourth-order valence-corrected chi connectivity index (χ4v) is 0.883. The molecule has 0 aliphatic carbocycles. The predicted molar refractivity (Wildman–Crippen MR) is 56.9 cm³/mol. The monoisotopic (exact) mass is 227 g/mol. The number of anilines is 1. The zero-order chi connectivity index (χ0) is 11.3. The lowest BCUT2D eigenvalue weighted by atomic mass is 10.4. The summed E-state index contributed by atoms with van der Waals surface area (Å²) in [6.07, 6.45) is 2.75. The van der Waals surface area contributed by atoms with Gasteiger partial charge in [0.1, 0.15) is 5.82 Å². The maximum Gasteiger partial charge on any atom is 0.358 e. The third-order valence-corrected chi connectivity index (χ3v) is 1.64. The number of ether oxygens (including phenoxy) is 1. The van der Waals surface area contributed by atoms with Gasteiger partial charge in [-0.1, -0.05) is 18.2 Å². The van der Waals surface area contributed by atoms with E-state index in [1.807, 2.05) is 0 Å². The first-order valence-electron chi connectivity index (χ1n) is 4.11. The topological polar surface area (TPSA) is 64.1 Å². The Labute approximate surface area is 92.1 Å². The molecule has 0 spiro atoms. The first-order valence-corrected chi connectivity index (χ1v) is 4.49. The molecule has 1 rings (SSSR count). The number of methoxy groups -OCH3 is 1. The van der Waals surface area contributed by atoms with Crippen LogP contribution < -0.4 is 5.32 Å². The van der Waals surface area contributed by atoms with Crippen LogP contribution in [0.1, 0.15) is 10.5 Å². The van der Waals surface area contributed by atoms with Crippen LogP contribution in [-0.4, -0.2) is 29.6 Å². The van der Waals surface area contributed by atoms with Crippen LogP contribution in [0.15, 0.2) is 24.0 Å². The smallest absolute Gasteiger partial charge is 0.358 e. The molecule has 0 fully saturated rings. The van der Waals surface area contributed by atoms with E-state index in [9.17, 15) is 4.79 Å². The van der Waals surface area contributed by atoms with E-state index in [0.29, 0.717) is 17.4 Å². The van der Waals surface area contributed by atoms with Gasteiger partial charge in [0.25, 0.3) is 0 Å². The normalized spacial score (nSPS) is 9.47. The van der Waals surface area contributed by atoms with Gasteiger partial charge in [-0.2, -0.15) is 0 Å². The molecule has 0 radical (unpaired) electrons. The Balaban J connectivity index is 2.64. The minimum Gasteiger partial charge on any atom is -0.464 e. The van der Waals surface area contributed by atoms with E-state index in [1.165, 1.54) is 19.5 Å². The maximum absolute atomic E-state index is 11.0. The molecule has 0 unspecified atom stereocenters. The SMILES string of the molecule is C=C(Cl)CNc1cnc(C(=O)OC)cn1. The first kappa shape index (κ1) is 11.5. The summed E-state index contributed by atoms with van der Waals surface area (Å²) in [6, 6.07) is 0. The van der Waals surface area contributed by atoms with Crippen LogP contribution in [0.4, 0.5) is 5.82 Å². The molecule has 0 aliphatic rings. The Morgan fingerprint density at radius 2 is 2.33 bits per heavy atom. The van der Waals surface area contributed by atoms with Gasteiger partial charge in [-0.15, -0.1) is 0 Å². The van der Waals surface area contributed by atoms with Crippen molar-refractivity contribution in [3.05, 3.63) is 29.7 Å². The molecule has 0 bridgehead atoms. The van der Waals surface area contributed by atoms with Crippen molar-refractivity contribution in [3.8, 4) is 0 Å². The van der Waals surface area contributed by atoms with Crippen molar-refractivity contribution in [2.75, 3.05) is 19.0 Å². The highest BCUT2D eigenvalue weighted by atomic mass is 35.5. The van der Waals surface area contributed by atoms with Gasteiger partial charge < -0.3 is 10.1 Å². The van der Waals surface area contributed by atoms with Crippen molar-refractivity contribution in [2.24, 2.45) is 0 Å². The lowest BCUT2D eigenvalue weighted by Crippen LogP contribution is -2.07. The molecule has 1 aromatic heterocycles. The van der Waals surface area contributed by atoms with Gasteiger partial charge in [0.2, 0.25) is 0 Å². The Bertz CT molecular complexity index is 364. The van der Waals surface area contributed by atoms with Crippen molar-refractivity contribution in [1.82, 2.24) is 9.97 Å². The molecular weight excluding hydrogens is 218 g/mol. The number of halogens is 1. The van der Waals surface area contributed by atoms with Crippen molar-refractivity contribution in [1.29, 1.82) is 0 Å². The molecule has 1 N–H and O–H groups in total. The van der Waals surface area contributed by atoms with E-state index >= 15 is 0 Å². The molecule has 0 saturated heterocycles. The van der Waals surface area contributed by atoms with Gasteiger partial charge in [-0.3, -0.25) is 0 Å². The van der Waals surface area contributed by atoms with Gasteiger partial charge >= 0.3 is 5.97 Å². The second kappa shape index (κ2) is 5.31. The molecule has 5 nitrogen and oxygen atoms in total. The number of hydrogen-bond donors (Lipinski definition) is 1. The summed E-state index contributed by atoms with van der Waals surface area (Å²) >= 11 is 5.55. The minimum atomic E-state index is -0.518. The van der Waals surface area contributed by atoms with Crippen LogP contribution in [0.25, 0.3) is 0 Å². The lowest BCUT2D eigenvalue weighted by Gasteiger charge is -2.03. The summed E-state index contributed by atoms with van der Waals surface area (Å²) < 4.78 is 4.48. The number of nitrogens with zero attached hydrogens (tertiary/aromatic N) is 2. The summed E-state index contributed by atoms with van der Waals surface area (Å²) in [5.41, 5.74) is 0.160. The number of aromatic nitrogens is 2. The molecule has 1 heterocycles. The third-order valence-electron chi connectivity index (χ3n) is 1.51. The van der Waals surface area contributed by atoms with E-state index in [0.717, 1.165) is 0 Å². The summed E-state index contributed by atoms with van der Waals surface area (Å²) in [4.78, 5) is 18.8. The third kappa shape index (κ3) is 3.55. The molecule has 0 saturated carbocycles. The standard InChI is InChI=1S/C9H10ClN3O2/c1-6(10)3-12-8-5-11-7(4-13-8)9(14)15-2/h4-5H,1,3H2,2H3,(H,12,13). The van der Waals surface area contributed by atoms with Crippen LogP contribution in [0.5, 0.6) is 0 Å². The van der Waals surface area contributed by atoms with Crippen LogP contribution in [0, 0.1) is 0 Å². The highest BCUT2D eigenvalue weighted by Gasteiger charge is 2.06. The number of hydrogen-bond acceptors (Lipinski definition) is 5. The second-order valence-corrected chi connectivity index (χ2v) is 3.18. The summed E-state index contributed by atoms with van der Waals surface area (Å²) in [7, 11) is 1.29. The minimum absolute atomic E-state index is 0.160. The molecule has 1 aromatic rings. The van der Waals surface area contributed by atoms with Gasteiger partial charge in [0.15, 0.2) is 5.69 Å². The quantitative estimate of drug-likeness (QED) is 0.789. The Kier molecular flexibility index (Phi) is 4.05. The van der Waals surface area contributed by atoms with Crippen LogP contribution in [0.2, 0.25) is 0 Å². The Hall–Kier alpha value is -1.62. The van der Waals surface area contributed by atoms with E-state index in [4.69, 9.17) is 11.6 Å². The molecule has 0 amide bonds. The number of esters is 1. The van der Waals surface area contributed by atoms with Crippen molar-refractivity contribution >= 4 is 23.4 Å². The predicted octanol–water partition coefficient (Wildman–Crippen LogP) is 1.43. The summed E-state index contributed by atoms with van der Waals surface area (Å²) in [5, 5.41) is 3.34. The van der Waals surface area contributed by atoms with Crippen molar-refractivity contribution in [3.63, 3.8) is 0 Å². The molecule has 0 aromatic carbocycles. The molecule has 6 heteroatoms. The molecular formula is C9H10ClN3O2. The number of nitrogens with one attached hydrogen (secondary N) is 1. The summed E-state index contributed by atoms with van der Waals surface area (Å²) in [6.45, 7) is 3.91. The van der Waals surface area contributed by atoms with Gasteiger partial charge in [-0.25, -0.2) is 14.8 Å². The lowest BCUT2D eigenvalue weighted by molar-refractivity contribution is 0.0593. The Morgan fingerprint density at radius 3 is 2.80 bits per heavy atom. The van der Waals surface area contributed by atoms with Crippen LogP contribution in [0.3, 0.4) is 0 Å². The number of rotatable bonds is 4. The number of carbonyl (C=O) groups excluding carboxylic acids is 1. The van der Waals surface area contributed by atoms with E-state index in [-0.39, 0.29) is 5.69 Å². The largest absolute Gasteiger partial charge is 0.464 e. The highest BCUT2D eigenvalue weighted by molar-refractivity contribution is 6.29. The molecule has 80 valence electrons. The molecule has 0 atom stereocenters. The van der Waals surface area contributed by atoms with Gasteiger partial charge in [0, 0.05) is 5.03 Å². The fourth-order valence-electron chi connectivity index (χ4n) is 0.816. The average molecular weight is 228 g/mol. The number of carbonyl (C=O) groups is 1. The van der Waals surface area contributed by atoms with Gasteiger partial charge in [-0.05, 0) is 0 Å². The molecule has 15 heavy (non-hydrogen) atoms. The zero-order valence-electron chi connectivity index (χ0n) is 8.16. The second-order valence-electron chi connectivity index (χ2n) is 2.65. The fraction of sp³-hybridized carbons (Fsp3) is 0.222. The first-order chi connectivity index (χ1) is 7.13. The zero-order valence-corrected chi connectivity index (χ0v) is 8.91. The van der Waals surface area contributed by atoms with Crippen molar-refractivity contribution < 1.29 is 9.53 Å². The van der Waals surface area contributed by atoms with Crippen molar-refractivity contribution in [2.45, 2.75) is 0 Å². The highest BCUT2D eigenvalue weighted by Crippen LogP contribution is 2.04. The van der Waals surface area contributed by atoms with Crippen LogP contribution >= 0.6 is 11.6 Å². The van der Waals surface area contributed by atoms with Gasteiger partial charge in [0.05, 0.1) is 26.0 Å². The van der Waals surface area contributed by atoms with Crippen LogP contribution in [-0.2, 0) is 4.74 Å². The van der Waals surface area contributed by atoms with E-state index in [2.05, 4.69) is 26.6 Å². The average Bonchev–Trinajstić information content (AvgIpc) is 2.26. The summed E-state index contributed by atoms with van der Waals surface area (Å²) in [5.74, 6) is 0.000237. The Morgan fingerprint density at radius 1 is 1.60 bits per heavy atom. The van der Waals surface area contributed by atoms with E-state index in [1.54, 1.807) is 0 Å². The molecule has 0 aliphatic heterocycles. The van der Waals surface area contributed by atoms with E-state index < -0.39 is 5.97 Å².